The molecule has 1 heterocycles. The largest absolute Gasteiger partial charge is 0.395 e. The molecule has 1 rings (SSSR count). The van der Waals surface area contributed by atoms with Crippen LogP contribution in [0.25, 0.3) is 0 Å². The first-order chi connectivity index (χ1) is 15.9. The van der Waals surface area contributed by atoms with Crippen LogP contribution in [0.1, 0.15) is 0 Å². The number of aliphatic hydroxyl groups excluding tert-OH is 9. The minimum absolute atomic E-state index is 0.303. The quantitative estimate of drug-likeness (QED) is 0.125. The van der Waals surface area contributed by atoms with Crippen LogP contribution in [0, 0.1) is 0 Å². The first-order valence-electron chi connectivity index (χ1n) is 11.5. The second-order valence-electron chi connectivity index (χ2n) is 8.36. The molecule has 0 radical (unpaired) electrons. The normalized spacial score (nSPS) is 24.3. The van der Waals surface area contributed by atoms with Crippen molar-refractivity contribution in [3.05, 3.63) is 0 Å². The number of nitrogens with one attached hydrogen (secondary N) is 1. The van der Waals surface area contributed by atoms with Gasteiger partial charge in [-0.15, -0.1) is 0 Å². The van der Waals surface area contributed by atoms with Crippen molar-refractivity contribution in [2.24, 2.45) is 0 Å². The van der Waals surface area contributed by atoms with Crippen molar-refractivity contribution >= 4 is 0 Å². The zero-order valence-electron chi connectivity index (χ0n) is 19.2. The van der Waals surface area contributed by atoms with Crippen molar-refractivity contribution < 1.29 is 46.0 Å². The molecule has 0 aromatic carbocycles. The molecule has 0 aromatic heterocycles. The van der Waals surface area contributed by atoms with Crippen molar-refractivity contribution in [2.45, 2.75) is 36.4 Å². The highest BCUT2D eigenvalue weighted by Crippen LogP contribution is 2.12. The molecule has 198 valence electrons. The predicted molar refractivity (Wildman–Crippen MR) is 119 cm³/mol. The molecule has 13 nitrogen and oxygen atoms in total. The summed E-state index contributed by atoms with van der Waals surface area (Å²) in [6, 6.07) is -2.19. The maximum atomic E-state index is 10.2. The van der Waals surface area contributed by atoms with Gasteiger partial charge in [-0.2, -0.15) is 0 Å². The first kappa shape index (κ1) is 30.5. The standard InChI is InChI=1S/C20H44N4O9/c25-9-15(18(31)12-28)22-3-1-21-2-4-23(16(10-26)19(32)13-29)6-8-24(7-5-22)17(11-27)20(33)14-30/h15-21,25-33H,1-14H2. The summed E-state index contributed by atoms with van der Waals surface area (Å²) in [6.45, 7) is 0.421. The van der Waals surface area contributed by atoms with Gasteiger partial charge in [0.05, 0.1) is 76.1 Å². The van der Waals surface area contributed by atoms with E-state index < -0.39 is 62.9 Å². The molecule has 33 heavy (non-hydrogen) atoms. The molecule has 1 aliphatic heterocycles. The van der Waals surface area contributed by atoms with E-state index in [1.165, 1.54) is 0 Å². The summed E-state index contributed by atoms with van der Waals surface area (Å²) in [6.07, 6.45) is -3.50. The van der Waals surface area contributed by atoms with Crippen LogP contribution in [0.15, 0.2) is 0 Å². The van der Waals surface area contributed by atoms with E-state index in [-0.39, 0.29) is 13.2 Å². The Kier molecular flexibility index (Phi) is 15.7. The average Bonchev–Trinajstić information content (AvgIpc) is 2.83. The Labute approximate surface area is 195 Å². The van der Waals surface area contributed by atoms with E-state index in [1.807, 2.05) is 9.80 Å². The smallest absolute Gasteiger partial charge is 0.0947 e. The van der Waals surface area contributed by atoms with E-state index in [4.69, 9.17) is 0 Å². The molecule has 0 aliphatic carbocycles. The molecular weight excluding hydrogens is 440 g/mol. The summed E-state index contributed by atoms with van der Waals surface area (Å²) in [7, 11) is 0. The molecule has 0 aromatic rings. The van der Waals surface area contributed by atoms with Crippen LogP contribution in [0.5, 0.6) is 0 Å². The van der Waals surface area contributed by atoms with E-state index in [2.05, 4.69) is 5.32 Å². The SMILES string of the molecule is OCC(O)C(CO)N1CCNCCN(C(CO)C(O)CO)CCN(C(CO)C(O)CO)CC1. The third-order valence-corrected chi connectivity index (χ3v) is 6.36. The molecule has 1 aliphatic rings. The van der Waals surface area contributed by atoms with Crippen molar-refractivity contribution in [1.82, 2.24) is 20.0 Å². The molecule has 6 atom stereocenters. The molecule has 10 N–H and O–H groups in total. The van der Waals surface area contributed by atoms with E-state index >= 15 is 0 Å². The molecule has 6 unspecified atom stereocenters. The predicted octanol–water partition coefficient (Wildman–Crippen LogP) is -6.36. The highest BCUT2D eigenvalue weighted by Gasteiger charge is 2.31. The van der Waals surface area contributed by atoms with Gasteiger partial charge in [-0.05, 0) is 0 Å². The molecule has 13 heteroatoms. The fourth-order valence-corrected chi connectivity index (χ4v) is 4.22. The molecule has 1 saturated heterocycles. The van der Waals surface area contributed by atoms with E-state index in [1.54, 1.807) is 4.90 Å². The van der Waals surface area contributed by atoms with Crippen molar-refractivity contribution in [3.63, 3.8) is 0 Å². The number of aliphatic hydroxyl groups is 9. The summed E-state index contributed by atoms with van der Waals surface area (Å²) < 4.78 is 0. The Hall–Kier alpha value is -0.520. The van der Waals surface area contributed by atoms with Gasteiger partial charge in [0, 0.05) is 52.4 Å². The third kappa shape index (κ3) is 9.57. The lowest BCUT2D eigenvalue weighted by molar-refractivity contribution is -0.0443. The highest BCUT2D eigenvalue weighted by molar-refractivity contribution is 4.86. The number of rotatable bonds is 12. The lowest BCUT2D eigenvalue weighted by Gasteiger charge is -2.40. The number of nitrogens with zero attached hydrogens (tertiary/aromatic N) is 3. The zero-order valence-corrected chi connectivity index (χ0v) is 19.2. The van der Waals surface area contributed by atoms with Gasteiger partial charge in [-0.3, -0.25) is 14.7 Å². The molecule has 1 fully saturated rings. The van der Waals surface area contributed by atoms with Crippen LogP contribution in [0.3, 0.4) is 0 Å². The topological polar surface area (TPSA) is 204 Å². The molecule has 0 amide bonds. The summed E-state index contributed by atoms with van der Waals surface area (Å²) in [5.74, 6) is 0. The maximum Gasteiger partial charge on any atom is 0.0947 e. The van der Waals surface area contributed by atoms with Gasteiger partial charge in [-0.25, -0.2) is 0 Å². The molecule has 0 bridgehead atoms. The van der Waals surface area contributed by atoms with Crippen LogP contribution in [-0.4, -0.2) is 189 Å². The van der Waals surface area contributed by atoms with Gasteiger partial charge in [0.15, 0.2) is 0 Å². The summed E-state index contributed by atoms with van der Waals surface area (Å²) in [5, 5.41) is 91.3. The fraction of sp³-hybridized carbons (Fsp3) is 1.00. The molecule has 0 spiro atoms. The third-order valence-electron chi connectivity index (χ3n) is 6.36. The Bertz CT molecular complexity index is 464. The van der Waals surface area contributed by atoms with Crippen molar-refractivity contribution in [1.29, 1.82) is 0 Å². The Morgan fingerprint density at radius 3 is 0.970 bits per heavy atom. The minimum atomic E-state index is -1.21. The van der Waals surface area contributed by atoms with Crippen LogP contribution in [0.2, 0.25) is 0 Å². The number of hydrogen-bond acceptors (Lipinski definition) is 13. The van der Waals surface area contributed by atoms with Gasteiger partial charge in [0.25, 0.3) is 0 Å². The van der Waals surface area contributed by atoms with Gasteiger partial charge in [0.1, 0.15) is 0 Å². The Morgan fingerprint density at radius 1 is 0.455 bits per heavy atom. The monoisotopic (exact) mass is 484 g/mol. The average molecular weight is 485 g/mol. The van der Waals surface area contributed by atoms with E-state index in [9.17, 15) is 46.0 Å². The maximum absolute atomic E-state index is 10.2. The van der Waals surface area contributed by atoms with Crippen LogP contribution < -0.4 is 5.32 Å². The van der Waals surface area contributed by atoms with Crippen molar-refractivity contribution in [2.75, 3.05) is 92.0 Å². The van der Waals surface area contributed by atoms with Crippen LogP contribution >= 0.6 is 0 Å². The summed E-state index contributed by atoms with van der Waals surface area (Å²) in [5.41, 5.74) is 0. The molecular formula is C20H44N4O9. The first-order valence-corrected chi connectivity index (χ1v) is 11.5. The Balaban J connectivity index is 3.12. The Morgan fingerprint density at radius 2 is 0.727 bits per heavy atom. The minimum Gasteiger partial charge on any atom is -0.395 e. The van der Waals surface area contributed by atoms with Crippen LogP contribution in [-0.2, 0) is 0 Å². The van der Waals surface area contributed by atoms with E-state index in [0.29, 0.717) is 52.4 Å². The highest BCUT2D eigenvalue weighted by atomic mass is 16.3. The van der Waals surface area contributed by atoms with Gasteiger partial charge >= 0.3 is 0 Å². The van der Waals surface area contributed by atoms with Gasteiger partial charge in [-0.1, -0.05) is 0 Å². The molecule has 0 saturated carbocycles. The second kappa shape index (κ2) is 17.0. The van der Waals surface area contributed by atoms with Gasteiger partial charge in [0.2, 0.25) is 0 Å². The fourth-order valence-electron chi connectivity index (χ4n) is 4.22. The summed E-state index contributed by atoms with van der Waals surface area (Å²) >= 11 is 0. The lowest BCUT2D eigenvalue weighted by Crippen LogP contribution is -2.58. The second-order valence-corrected chi connectivity index (χ2v) is 8.36. The van der Waals surface area contributed by atoms with Crippen LogP contribution in [0.4, 0.5) is 0 Å². The number of hydrogen-bond donors (Lipinski definition) is 10. The van der Waals surface area contributed by atoms with Crippen molar-refractivity contribution in [3.8, 4) is 0 Å². The lowest BCUT2D eigenvalue weighted by atomic mass is 10.1. The van der Waals surface area contributed by atoms with E-state index in [0.717, 1.165) is 0 Å². The van der Waals surface area contributed by atoms with Gasteiger partial charge < -0.3 is 51.3 Å². The zero-order chi connectivity index (χ0) is 24.8. The summed E-state index contributed by atoms with van der Waals surface area (Å²) in [4.78, 5) is 5.42.